The van der Waals surface area contributed by atoms with Crippen molar-refractivity contribution in [1.29, 1.82) is 0 Å². The molecule has 1 amide bonds. The SMILES string of the molecule is CCc1[nH]nc(C(=O)NCCC2CC2)c1S(=O)(=O)Cl. The van der Waals surface area contributed by atoms with Gasteiger partial charge in [0.25, 0.3) is 15.0 Å². The van der Waals surface area contributed by atoms with E-state index in [1.54, 1.807) is 6.92 Å². The molecule has 1 heterocycles. The summed E-state index contributed by atoms with van der Waals surface area (Å²) in [6, 6.07) is 0. The van der Waals surface area contributed by atoms with Gasteiger partial charge in [0.2, 0.25) is 0 Å². The number of halogens is 1. The van der Waals surface area contributed by atoms with Crippen LogP contribution in [0.2, 0.25) is 0 Å². The number of aryl methyl sites for hydroxylation is 1. The number of aromatic amines is 1. The van der Waals surface area contributed by atoms with Gasteiger partial charge in [-0.25, -0.2) is 8.42 Å². The first-order valence-corrected chi connectivity index (χ1v) is 8.54. The Labute approximate surface area is 116 Å². The highest BCUT2D eigenvalue weighted by Crippen LogP contribution is 2.31. The van der Waals surface area contributed by atoms with Gasteiger partial charge < -0.3 is 5.32 Å². The van der Waals surface area contributed by atoms with Crippen molar-refractivity contribution in [2.75, 3.05) is 6.54 Å². The second-order valence-corrected chi connectivity index (χ2v) is 7.16. The molecule has 19 heavy (non-hydrogen) atoms. The summed E-state index contributed by atoms with van der Waals surface area (Å²) >= 11 is 0. The molecule has 0 radical (unpaired) electrons. The number of H-pyrrole nitrogens is 1. The van der Waals surface area contributed by atoms with Crippen LogP contribution in [-0.4, -0.2) is 31.1 Å². The zero-order valence-corrected chi connectivity index (χ0v) is 12.1. The van der Waals surface area contributed by atoms with E-state index < -0.39 is 15.0 Å². The van der Waals surface area contributed by atoms with Gasteiger partial charge in [-0.15, -0.1) is 0 Å². The lowest BCUT2D eigenvalue weighted by Crippen LogP contribution is -2.26. The fourth-order valence-electron chi connectivity index (χ4n) is 1.90. The number of aromatic nitrogens is 2. The van der Waals surface area contributed by atoms with Crippen LogP contribution in [0.3, 0.4) is 0 Å². The number of hydrogen-bond donors (Lipinski definition) is 2. The van der Waals surface area contributed by atoms with Gasteiger partial charge in [-0.1, -0.05) is 19.8 Å². The van der Waals surface area contributed by atoms with Gasteiger partial charge in [0, 0.05) is 17.2 Å². The molecule has 0 saturated heterocycles. The van der Waals surface area contributed by atoms with Crippen molar-refractivity contribution in [1.82, 2.24) is 15.5 Å². The standard InChI is InChI=1S/C11H16ClN3O3S/c1-2-8-10(19(12,17)18)9(15-14-8)11(16)13-6-5-7-3-4-7/h7H,2-6H2,1H3,(H,13,16)(H,14,15). The molecule has 1 aromatic heterocycles. The molecule has 1 aliphatic carbocycles. The predicted molar refractivity (Wildman–Crippen MR) is 70.7 cm³/mol. The maximum atomic E-state index is 11.9. The van der Waals surface area contributed by atoms with Crippen LogP contribution in [0.25, 0.3) is 0 Å². The minimum absolute atomic E-state index is 0.150. The van der Waals surface area contributed by atoms with E-state index in [9.17, 15) is 13.2 Å². The maximum Gasteiger partial charge on any atom is 0.273 e. The highest BCUT2D eigenvalue weighted by molar-refractivity contribution is 8.13. The third-order valence-corrected chi connectivity index (χ3v) is 4.53. The fourth-order valence-corrected chi connectivity index (χ4v) is 3.26. The number of nitrogens with one attached hydrogen (secondary N) is 2. The number of hydrogen-bond acceptors (Lipinski definition) is 4. The number of nitrogens with zero attached hydrogens (tertiary/aromatic N) is 1. The monoisotopic (exact) mass is 305 g/mol. The molecule has 1 aromatic rings. The maximum absolute atomic E-state index is 11.9. The third kappa shape index (κ3) is 3.48. The van der Waals surface area contributed by atoms with Crippen LogP contribution >= 0.6 is 10.7 Å². The average molecular weight is 306 g/mol. The molecular weight excluding hydrogens is 290 g/mol. The lowest BCUT2D eigenvalue weighted by molar-refractivity contribution is 0.0944. The van der Waals surface area contributed by atoms with E-state index in [-0.39, 0.29) is 10.6 Å². The Kier molecular flexibility index (Phi) is 4.15. The lowest BCUT2D eigenvalue weighted by atomic mass is 10.2. The molecule has 106 valence electrons. The molecule has 0 atom stereocenters. The van der Waals surface area contributed by atoms with Crippen molar-refractivity contribution in [2.45, 2.75) is 37.5 Å². The number of amides is 1. The molecule has 1 fully saturated rings. The highest BCUT2D eigenvalue weighted by atomic mass is 35.7. The molecule has 1 saturated carbocycles. The van der Waals surface area contributed by atoms with Crippen molar-refractivity contribution in [3.8, 4) is 0 Å². The molecule has 0 bridgehead atoms. The van der Waals surface area contributed by atoms with Gasteiger partial charge in [-0.2, -0.15) is 5.10 Å². The first-order valence-electron chi connectivity index (χ1n) is 6.23. The van der Waals surface area contributed by atoms with Crippen LogP contribution in [-0.2, 0) is 15.5 Å². The first-order chi connectivity index (χ1) is 8.93. The topological polar surface area (TPSA) is 91.9 Å². The smallest absolute Gasteiger partial charge is 0.273 e. The van der Waals surface area contributed by atoms with Crippen LogP contribution in [0, 0.1) is 5.92 Å². The summed E-state index contributed by atoms with van der Waals surface area (Å²) in [4.78, 5) is 11.7. The lowest BCUT2D eigenvalue weighted by Gasteiger charge is -2.03. The Balaban J connectivity index is 2.13. The average Bonchev–Trinajstić information content (AvgIpc) is 3.03. The summed E-state index contributed by atoms with van der Waals surface area (Å²) in [5.41, 5.74) is 0.199. The first kappa shape index (κ1) is 14.3. The molecule has 0 unspecified atom stereocenters. The summed E-state index contributed by atoms with van der Waals surface area (Å²) in [7, 11) is 1.37. The van der Waals surface area contributed by atoms with Gasteiger partial charge >= 0.3 is 0 Å². The Morgan fingerprint density at radius 3 is 2.74 bits per heavy atom. The summed E-state index contributed by atoms with van der Waals surface area (Å²) in [6.45, 7) is 2.29. The van der Waals surface area contributed by atoms with E-state index in [1.165, 1.54) is 12.8 Å². The van der Waals surface area contributed by atoms with Crippen LogP contribution in [0.15, 0.2) is 4.90 Å². The summed E-state index contributed by atoms with van der Waals surface area (Å²) < 4.78 is 23.0. The van der Waals surface area contributed by atoms with Gasteiger partial charge in [-0.05, 0) is 18.8 Å². The highest BCUT2D eigenvalue weighted by Gasteiger charge is 2.28. The molecule has 2 rings (SSSR count). The van der Waals surface area contributed by atoms with E-state index in [0.717, 1.165) is 6.42 Å². The Hall–Kier alpha value is -1.08. The quantitative estimate of drug-likeness (QED) is 0.778. The van der Waals surface area contributed by atoms with Crippen molar-refractivity contribution in [2.24, 2.45) is 5.92 Å². The van der Waals surface area contributed by atoms with Crippen molar-refractivity contribution in [3.63, 3.8) is 0 Å². The van der Waals surface area contributed by atoms with Gasteiger partial charge in [0.1, 0.15) is 4.90 Å². The zero-order valence-electron chi connectivity index (χ0n) is 10.6. The molecule has 0 spiro atoms. The van der Waals surface area contributed by atoms with Crippen LogP contribution < -0.4 is 5.32 Å². The van der Waals surface area contributed by atoms with E-state index in [1.807, 2.05) is 0 Å². The van der Waals surface area contributed by atoms with E-state index in [2.05, 4.69) is 15.5 Å². The Morgan fingerprint density at radius 2 is 2.21 bits per heavy atom. The second-order valence-electron chi connectivity index (χ2n) is 4.66. The van der Waals surface area contributed by atoms with Gasteiger partial charge in [-0.3, -0.25) is 9.89 Å². The van der Waals surface area contributed by atoms with Crippen molar-refractivity contribution < 1.29 is 13.2 Å². The van der Waals surface area contributed by atoms with Crippen LogP contribution in [0.1, 0.15) is 42.4 Å². The van der Waals surface area contributed by atoms with Crippen LogP contribution in [0.5, 0.6) is 0 Å². The normalized spacial score (nSPS) is 15.5. The third-order valence-electron chi connectivity index (χ3n) is 3.14. The molecule has 1 aliphatic rings. The summed E-state index contributed by atoms with van der Waals surface area (Å²) in [5.74, 6) is 0.192. The largest absolute Gasteiger partial charge is 0.351 e. The predicted octanol–water partition coefficient (Wildman–Crippen LogP) is 1.43. The van der Waals surface area contributed by atoms with Gasteiger partial charge in [0.05, 0.1) is 5.69 Å². The Bertz CT molecular complexity index is 578. The summed E-state index contributed by atoms with van der Waals surface area (Å²) in [6.07, 6.45) is 3.74. The number of carbonyl (C=O) groups is 1. The number of rotatable bonds is 6. The minimum Gasteiger partial charge on any atom is -0.351 e. The second kappa shape index (κ2) is 5.50. The number of carbonyl (C=O) groups excluding carboxylic acids is 1. The van der Waals surface area contributed by atoms with E-state index >= 15 is 0 Å². The molecule has 0 aromatic carbocycles. The zero-order chi connectivity index (χ0) is 14.0. The van der Waals surface area contributed by atoms with Crippen molar-refractivity contribution >= 4 is 25.6 Å². The molecule has 2 N–H and O–H groups in total. The van der Waals surface area contributed by atoms with E-state index in [4.69, 9.17) is 10.7 Å². The minimum atomic E-state index is -3.99. The molecule has 6 nitrogen and oxygen atoms in total. The molecule has 0 aliphatic heterocycles. The molecule has 8 heteroatoms. The van der Waals surface area contributed by atoms with Crippen LogP contribution in [0.4, 0.5) is 0 Å². The summed E-state index contributed by atoms with van der Waals surface area (Å²) in [5, 5.41) is 8.99. The molecular formula is C11H16ClN3O3S. The fraction of sp³-hybridized carbons (Fsp3) is 0.636. The van der Waals surface area contributed by atoms with Crippen molar-refractivity contribution in [3.05, 3.63) is 11.4 Å². The Morgan fingerprint density at radius 1 is 1.53 bits per heavy atom. The van der Waals surface area contributed by atoms with E-state index in [0.29, 0.717) is 24.6 Å². The van der Waals surface area contributed by atoms with Gasteiger partial charge in [0.15, 0.2) is 5.69 Å².